The van der Waals surface area contributed by atoms with Crippen LogP contribution in [0.2, 0.25) is 0 Å². The zero-order valence-corrected chi connectivity index (χ0v) is 24.5. The van der Waals surface area contributed by atoms with Crippen molar-refractivity contribution in [2.75, 3.05) is 22.9 Å². The highest BCUT2D eigenvalue weighted by molar-refractivity contribution is 6.19. The van der Waals surface area contributed by atoms with Gasteiger partial charge in [0.1, 0.15) is 11.5 Å². The van der Waals surface area contributed by atoms with Gasteiger partial charge in [-0.15, -0.1) is 0 Å². The molecule has 0 radical (unpaired) electrons. The van der Waals surface area contributed by atoms with E-state index in [1.165, 1.54) is 36.4 Å². The third kappa shape index (κ3) is 7.41. The summed E-state index contributed by atoms with van der Waals surface area (Å²) in [5.41, 5.74) is 25.3. The molecular weight excluding hydrogens is 604 g/mol. The van der Waals surface area contributed by atoms with Crippen molar-refractivity contribution < 1.29 is 38.2 Å². The van der Waals surface area contributed by atoms with Gasteiger partial charge in [-0.25, -0.2) is 19.2 Å². The van der Waals surface area contributed by atoms with Crippen molar-refractivity contribution in [2.24, 2.45) is 0 Å². The zero-order valence-electron chi connectivity index (χ0n) is 24.5. The third-order valence-corrected chi connectivity index (χ3v) is 6.72. The van der Waals surface area contributed by atoms with E-state index in [0.29, 0.717) is 11.4 Å². The van der Waals surface area contributed by atoms with E-state index in [1.54, 1.807) is 42.5 Å². The first-order valence-electron chi connectivity index (χ1n) is 13.8. The Morgan fingerprint density at radius 3 is 1.19 bits per heavy atom. The van der Waals surface area contributed by atoms with E-state index >= 15 is 0 Å². The summed E-state index contributed by atoms with van der Waals surface area (Å²) in [5.74, 6) is -2.09. The molecule has 8 N–H and O–H groups in total. The highest BCUT2D eigenvalue weighted by Gasteiger charge is 2.32. The second kappa shape index (κ2) is 13.4. The summed E-state index contributed by atoms with van der Waals surface area (Å²) in [6.45, 7) is 0. The van der Waals surface area contributed by atoms with Crippen LogP contribution >= 0.6 is 0 Å². The number of benzene rings is 5. The summed E-state index contributed by atoms with van der Waals surface area (Å²) < 4.78 is 14.5. The molecule has 0 aliphatic carbocycles. The fraction of sp³-hybridized carbons (Fsp3) is 0. The standard InChI is InChI=1S/C17H6O7.C12H12N2O.C6H8N2/c18-13(7-1-3-9-11(5-7)16(21)23-14(9)19)8-2-4-10-12(6-8)17(22)24-15(10)20;13-9-1-5-11(6-2-9)15-12-7-3-10(14)4-8-12;7-5-2-1-3-6(8)4-5/h1-6H;1-8H,13-14H2;1-4H,7-8H2. The molecule has 12 nitrogen and oxygen atoms in total. The van der Waals surface area contributed by atoms with Gasteiger partial charge in [-0.2, -0.15) is 0 Å². The molecule has 2 aliphatic rings. The number of ketones is 1. The third-order valence-electron chi connectivity index (χ3n) is 6.72. The minimum absolute atomic E-state index is 0.0154. The van der Waals surface area contributed by atoms with Gasteiger partial charge < -0.3 is 37.1 Å². The number of carbonyl (C=O) groups is 5. The summed E-state index contributed by atoms with van der Waals surface area (Å²) in [4.78, 5) is 58.5. The molecule has 5 aromatic rings. The SMILES string of the molecule is Nc1ccc(Oc2ccc(N)cc2)cc1.Nc1cccc(N)c1.O=C(c1ccc2c(c1)C(=O)OC2=O)c1ccc2c(c1)C(=O)OC2=O. The van der Waals surface area contributed by atoms with Gasteiger partial charge >= 0.3 is 23.9 Å². The number of carbonyl (C=O) groups excluding carboxylic acids is 5. The van der Waals surface area contributed by atoms with Crippen LogP contribution in [0, 0.1) is 0 Å². The van der Waals surface area contributed by atoms with Crippen LogP contribution in [0.3, 0.4) is 0 Å². The first-order chi connectivity index (χ1) is 22.5. The first kappa shape index (κ1) is 31.5. The number of ether oxygens (including phenoxy) is 3. The molecule has 12 heteroatoms. The molecule has 234 valence electrons. The molecule has 2 heterocycles. The molecule has 0 amide bonds. The summed E-state index contributed by atoms with van der Waals surface area (Å²) in [6.07, 6.45) is 0. The molecule has 5 aromatic carbocycles. The molecule has 47 heavy (non-hydrogen) atoms. The summed E-state index contributed by atoms with van der Waals surface area (Å²) in [7, 11) is 0. The maximum atomic E-state index is 12.5. The van der Waals surface area contributed by atoms with Crippen molar-refractivity contribution in [3.63, 3.8) is 0 Å². The molecule has 0 unspecified atom stereocenters. The van der Waals surface area contributed by atoms with Gasteiger partial charge in [0.05, 0.1) is 22.3 Å². The second-order valence-electron chi connectivity index (χ2n) is 10.1. The summed E-state index contributed by atoms with van der Waals surface area (Å²) >= 11 is 0. The summed E-state index contributed by atoms with van der Waals surface area (Å²) in [5, 5.41) is 0. The maximum absolute atomic E-state index is 12.5. The van der Waals surface area contributed by atoms with Crippen LogP contribution in [-0.2, 0) is 9.47 Å². The van der Waals surface area contributed by atoms with Crippen LogP contribution in [0.4, 0.5) is 22.7 Å². The molecule has 0 atom stereocenters. The van der Waals surface area contributed by atoms with Crippen LogP contribution in [-0.4, -0.2) is 29.7 Å². The van der Waals surface area contributed by atoms with E-state index in [0.717, 1.165) is 22.9 Å². The molecule has 0 fully saturated rings. The van der Waals surface area contributed by atoms with Crippen molar-refractivity contribution in [3.05, 3.63) is 143 Å². The van der Waals surface area contributed by atoms with Crippen LogP contribution in [0.1, 0.15) is 57.4 Å². The van der Waals surface area contributed by atoms with E-state index in [-0.39, 0.29) is 33.4 Å². The minimum atomic E-state index is -0.812. The van der Waals surface area contributed by atoms with E-state index < -0.39 is 29.7 Å². The lowest BCUT2D eigenvalue weighted by molar-refractivity contribution is 0.0425. The van der Waals surface area contributed by atoms with Gasteiger partial charge in [0.25, 0.3) is 0 Å². The van der Waals surface area contributed by atoms with E-state index in [2.05, 4.69) is 9.47 Å². The number of nitrogens with two attached hydrogens (primary N) is 4. The number of hydrogen-bond donors (Lipinski definition) is 4. The number of rotatable bonds is 4. The highest BCUT2D eigenvalue weighted by Crippen LogP contribution is 2.26. The summed E-state index contributed by atoms with van der Waals surface area (Å²) in [6, 6.07) is 29.6. The Balaban J connectivity index is 0.000000160. The average Bonchev–Trinajstić information content (AvgIpc) is 3.51. The van der Waals surface area contributed by atoms with Crippen LogP contribution in [0.5, 0.6) is 11.5 Å². The Kier molecular flexibility index (Phi) is 8.95. The fourth-order valence-electron chi connectivity index (χ4n) is 4.39. The van der Waals surface area contributed by atoms with Crippen molar-refractivity contribution in [1.29, 1.82) is 0 Å². The molecule has 7 rings (SSSR count). The largest absolute Gasteiger partial charge is 0.457 e. The van der Waals surface area contributed by atoms with E-state index in [1.807, 2.05) is 30.3 Å². The van der Waals surface area contributed by atoms with E-state index in [9.17, 15) is 24.0 Å². The van der Waals surface area contributed by atoms with Crippen molar-refractivity contribution >= 4 is 52.4 Å². The Morgan fingerprint density at radius 2 is 0.830 bits per heavy atom. The minimum Gasteiger partial charge on any atom is -0.457 e. The lowest BCUT2D eigenvalue weighted by atomic mass is 9.96. The zero-order chi connectivity index (χ0) is 33.7. The van der Waals surface area contributed by atoms with Gasteiger partial charge in [0, 0.05) is 33.9 Å². The number of nitrogen functional groups attached to an aromatic ring is 4. The lowest BCUT2D eigenvalue weighted by Crippen LogP contribution is -2.05. The van der Waals surface area contributed by atoms with Crippen LogP contribution in [0.25, 0.3) is 0 Å². The molecule has 2 aliphatic heterocycles. The monoisotopic (exact) mass is 630 g/mol. The number of fused-ring (bicyclic) bond motifs is 2. The molecule has 0 saturated heterocycles. The quantitative estimate of drug-likeness (QED) is 0.0889. The Hall–Kier alpha value is -6.95. The van der Waals surface area contributed by atoms with Crippen molar-refractivity contribution in [3.8, 4) is 11.5 Å². The molecule has 0 aromatic heterocycles. The fourth-order valence-corrected chi connectivity index (χ4v) is 4.39. The predicted octanol–water partition coefficient (Wildman–Crippen LogP) is 5.03. The Labute approximate surface area is 267 Å². The van der Waals surface area contributed by atoms with Crippen molar-refractivity contribution in [2.45, 2.75) is 0 Å². The topological polar surface area (TPSA) is 217 Å². The lowest BCUT2D eigenvalue weighted by Gasteiger charge is -2.05. The van der Waals surface area contributed by atoms with Crippen LogP contribution in [0.15, 0.2) is 109 Å². The highest BCUT2D eigenvalue weighted by atomic mass is 16.6. The van der Waals surface area contributed by atoms with Gasteiger partial charge in [-0.05, 0) is 91.0 Å². The van der Waals surface area contributed by atoms with Gasteiger partial charge in [0.2, 0.25) is 0 Å². The molecule has 0 saturated carbocycles. The van der Waals surface area contributed by atoms with Gasteiger partial charge in [-0.1, -0.05) is 18.2 Å². The molecule has 0 bridgehead atoms. The smallest absolute Gasteiger partial charge is 0.346 e. The average molecular weight is 631 g/mol. The first-order valence-corrected chi connectivity index (χ1v) is 13.8. The number of esters is 4. The Morgan fingerprint density at radius 1 is 0.447 bits per heavy atom. The molecule has 0 spiro atoms. The maximum Gasteiger partial charge on any atom is 0.346 e. The predicted molar refractivity (Wildman–Crippen MR) is 173 cm³/mol. The van der Waals surface area contributed by atoms with Gasteiger partial charge in [0.15, 0.2) is 5.78 Å². The van der Waals surface area contributed by atoms with Crippen LogP contribution < -0.4 is 27.7 Å². The van der Waals surface area contributed by atoms with Crippen molar-refractivity contribution in [1.82, 2.24) is 0 Å². The number of anilines is 4. The molecular formula is C35H26N4O8. The Bertz CT molecular complexity index is 1900. The number of cyclic esters (lactones) is 4. The number of hydrogen-bond acceptors (Lipinski definition) is 12. The van der Waals surface area contributed by atoms with Gasteiger partial charge in [-0.3, -0.25) is 4.79 Å². The van der Waals surface area contributed by atoms with E-state index in [4.69, 9.17) is 27.7 Å². The normalized spacial score (nSPS) is 12.3. The second-order valence-corrected chi connectivity index (χ2v) is 10.1.